The summed E-state index contributed by atoms with van der Waals surface area (Å²) < 4.78 is 5.26. The van der Waals surface area contributed by atoms with Gasteiger partial charge < -0.3 is 15.3 Å². The van der Waals surface area contributed by atoms with Crippen molar-refractivity contribution in [3.8, 4) is 0 Å². The SMILES string of the molecule is CC(C)(C)OC(=O)NC1CC2CCCC(C1)N2O. The number of nitrogens with one attached hydrogen (secondary N) is 1. The van der Waals surface area contributed by atoms with E-state index in [1.54, 1.807) is 0 Å². The second-order valence-corrected chi connectivity index (χ2v) is 6.43. The van der Waals surface area contributed by atoms with Crippen molar-refractivity contribution in [2.45, 2.75) is 76.6 Å². The highest BCUT2D eigenvalue weighted by atomic mass is 16.6. The van der Waals surface area contributed by atoms with Gasteiger partial charge in [-0.25, -0.2) is 4.79 Å². The molecular formula is C13H24N2O3. The zero-order valence-corrected chi connectivity index (χ0v) is 11.5. The average molecular weight is 256 g/mol. The normalized spacial score (nSPS) is 33.0. The van der Waals surface area contributed by atoms with Crippen molar-refractivity contribution in [2.75, 3.05) is 0 Å². The maximum absolute atomic E-state index is 11.7. The van der Waals surface area contributed by atoms with E-state index in [1.165, 1.54) is 11.5 Å². The summed E-state index contributed by atoms with van der Waals surface area (Å²) in [6.45, 7) is 5.58. The van der Waals surface area contributed by atoms with Crippen LogP contribution < -0.4 is 5.32 Å². The minimum Gasteiger partial charge on any atom is -0.444 e. The molecule has 104 valence electrons. The molecule has 0 aliphatic carbocycles. The Hall–Kier alpha value is -0.810. The number of fused-ring (bicyclic) bond motifs is 2. The lowest BCUT2D eigenvalue weighted by Crippen LogP contribution is -2.55. The van der Waals surface area contributed by atoms with E-state index in [9.17, 15) is 10.0 Å². The summed E-state index contributed by atoms with van der Waals surface area (Å²) in [7, 11) is 0. The molecule has 2 bridgehead atoms. The predicted octanol–water partition coefficient (Wildman–Crippen LogP) is 2.29. The first kappa shape index (κ1) is 13.6. The molecule has 2 rings (SSSR count). The molecule has 0 aromatic rings. The number of alkyl carbamates (subject to hydrolysis) is 1. The molecule has 0 aromatic heterocycles. The van der Waals surface area contributed by atoms with Gasteiger partial charge in [-0.1, -0.05) is 6.42 Å². The fourth-order valence-corrected chi connectivity index (χ4v) is 2.95. The van der Waals surface area contributed by atoms with Crippen LogP contribution in [0.1, 0.15) is 52.9 Å². The standard InChI is InChI=1S/C13H24N2O3/c1-13(2,3)18-12(16)14-9-7-10-5-4-6-11(8-9)15(10)17/h9-11,17H,4-8H2,1-3H3,(H,14,16). The lowest BCUT2D eigenvalue weighted by atomic mass is 9.83. The number of carbonyl (C=O) groups is 1. The third-order valence-electron chi connectivity index (χ3n) is 3.66. The molecule has 1 amide bonds. The van der Waals surface area contributed by atoms with Gasteiger partial charge >= 0.3 is 6.09 Å². The van der Waals surface area contributed by atoms with Gasteiger partial charge in [0, 0.05) is 18.1 Å². The van der Waals surface area contributed by atoms with Crippen LogP contribution in [0.2, 0.25) is 0 Å². The molecule has 2 saturated heterocycles. The first-order chi connectivity index (χ1) is 8.35. The summed E-state index contributed by atoms with van der Waals surface area (Å²) in [5.74, 6) is 0. The summed E-state index contributed by atoms with van der Waals surface area (Å²) >= 11 is 0. The highest BCUT2D eigenvalue weighted by Gasteiger charge is 2.38. The lowest BCUT2D eigenvalue weighted by molar-refractivity contribution is -0.198. The second kappa shape index (κ2) is 5.05. The molecule has 2 N–H and O–H groups in total. The minimum absolute atomic E-state index is 0.124. The van der Waals surface area contributed by atoms with Crippen LogP contribution in [0.4, 0.5) is 4.79 Å². The number of hydrogen-bond donors (Lipinski definition) is 2. The Morgan fingerprint density at radius 3 is 2.33 bits per heavy atom. The minimum atomic E-state index is -0.461. The molecule has 2 aliphatic heterocycles. The monoisotopic (exact) mass is 256 g/mol. The average Bonchev–Trinajstić information content (AvgIpc) is 2.16. The first-order valence-electron chi connectivity index (χ1n) is 6.82. The number of ether oxygens (including phenoxy) is 1. The summed E-state index contributed by atoms with van der Waals surface area (Å²) in [5.41, 5.74) is -0.461. The van der Waals surface area contributed by atoms with E-state index >= 15 is 0 Å². The van der Waals surface area contributed by atoms with Gasteiger partial charge in [-0.3, -0.25) is 0 Å². The van der Waals surface area contributed by atoms with E-state index < -0.39 is 5.60 Å². The number of piperidine rings is 2. The molecule has 2 heterocycles. The van der Waals surface area contributed by atoms with Gasteiger partial charge in [0.05, 0.1) is 0 Å². The molecule has 0 saturated carbocycles. The van der Waals surface area contributed by atoms with E-state index in [4.69, 9.17) is 4.74 Å². The number of hydrogen-bond acceptors (Lipinski definition) is 4. The lowest BCUT2D eigenvalue weighted by Gasteiger charge is -2.45. The number of rotatable bonds is 1. The number of amides is 1. The maximum atomic E-state index is 11.7. The fraction of sp³-hybridized carbons (Fsp3) is 0.923. The van der Waals surface area contributed by atoms with E-state index in [2.05, 4.69) is 5.32 Å². The molecule has 2 unspecified atom stereocenters. The van der Waals surface area contributed by atoms with Gasteiger partial charge in [0.15, 0.2) is 0 Å². The van der Waals surface area contributed by atoms with Crippen LogP contribution >= 0.6 is 0 Å². The van der Waals surface area contributed by atoms with Crippen LogP contribution in [0.5, 0.6) is 0 Å². The van der Waals surface area contributed by atoms with Gasteiger partial charge in [0.1, 0.15) is 5.60 Å². The molecule has 0 radical (unpaired) electrons. The zero-order valence-electron chi connectivity index (χ0n) is 11.5. The van der Waals surface area contributed by atoms with E-state index in [0.29, 0.717) is 0 Å². The third kappa shape index (κ3) is 3.36. The highest BCUT2D eigenvalue weighted by molar-refractivity contribution is 5.68. The largest absolute Gasteiger partial charge is 0.444 e. The smallest absolute Gasteiger partial charge is 0.407 e. The molecule has 0 spiro atoms. The van der Waals surface area contributed by atoms with Gasteiger partial charge in [-0.05, 0) is 46.5 Å². The highest BCUT2D eigenvalue weighted by Crippen LogP contribution is 2.32. The van der Waals surface area contributed by atoms with Gasteiger partial charge in [-0.15, -0.1) is 0 Å². The van der Waals surface area contributed by atoms with Crippen LogP contribution in [0.25, 0.3) is 0 Å². The molecule has 2 aliphatic rings. The summed E-state index contributed by atoms with van der Waals surface area (Å²) in [4.78, 5) is 11.7. The molecule has 2 fully saturated rings. The Morgan fingerprint density at radius 1 is 1.28 bits per heavy atom. The Balaban J connectivity index is 1.86. The predicted molar refractivity (Wildman–Crippen MR) is 67.4 cm³/mol. The van der Waals surface area contributed by atoms with Crippen LogP contribution in [0, 0.1) is 0 Å². The molecule has 5 nitrogen and oxygen atoms in total. The molecular weight excluding hydrogens is 232 g/mol. The van der Waals surface area contributed by atoms with Crippen LogP contribution in [0.3, 0.4) is 0 Å². The van der Waals surface area contributed by atoms with E-state index in [1.807, 2.05) is 20.8 Å². The first-order valence-corrected chi connectivity index (χ1v) is 6.82. The fourth-order valence-electron chi connectivity index (χ4n) is 2.95. The van der Waals surface area contributed by atoms with E-state index in [0.717, 1.165) is 25.7 Å². The van der Waals surface area contributed by atoms with Crippen molar-refractivity contribution in [2.24, 2.45) is 0 Å². The maximum Gasteiger partial charge on any atom is 0.407 e. The molecule has 18 heavy (non-hydrogen) atoms. The summed E-state index contributed by atoms with van der Waals surface area (Å²) in [6, 6.07) is 0.508. The molecule has 5 heteroatoms. The van der Waals surface area contributed by atoms with Crippen LogP contribution in [-0.4, -0.2) is 40.1 Å². The second-order valence-electron chi connectivity index (χ2n) is 6.43. The Kier molecular flexibility index (Phi) is 3.82. The van der Waals surface area contributed by atoms with E-state index in [-0.39, 0.29) is 24.2 Å². The Bertz CT molecular complexity index is 300. The Morgan fingerprint density at radius 2 is 1.83 bits per heavy atom. The van der Waals surface area contributed by atoms with Gasteiger partial charge in [-0.2, -0.15) is 5.06 Å². The van der Waals surface area contributed by atoms with Crippen LogP contribution in [-0.2, 0) is 4.74 Å². The molecule has 2 atom stereocenters. The molecule has 0 aromatic carbocycles. The van der Waals surface area contributed by atoms with Crippen molar-refractivity contribution in [1.29, 1.82) is 0 Å². The van der Waals surface area contributed by atoms with Crippen molar-refractivity contribution in [1.82, 2.24) is 10.4 Å². The zero-order chi connectivity index (χ0) is 13.3. The number of nitrogens with zero attached hydrogens (tertiary/aromatic N) is 1. The number of carbonyl (C=O) groups excluding carboxylic acids is 1. The summed E-state index contributed by atoms with van der Waals surface area (Å²) in [6.07, 6.45) is 4.47. The van der Waals surface area contributed by atoms with Crippen molar-refractivity contribution >= 4 is 6.09 Å². The van der Waals surface area contributed by atoms with Gasteiger partial charge in [0.25, 0.3) is 0 Å². The van der Waals surface area contributed by atoms with Crippen molar-refractivity contribution < 1.29 is 14.7 Å². The van der Waals surface area contributed by atoms with Crippen LogP contribution in [0.15, 0.2) is 0 Å². The quantitative estimate of drug-likeness (QED) is 0.755. The van der Waals surface area contributed by atoms with Gasteiger partial charge in [0.2, 0.25) is 0 Å². The summed E-state index contributed by atoms with van der Waals surface area (Å²) in [5, 5.41) is 14.3. The third-order valence-corrected chi connectivity index (χ3v) is 3.66. The van der Waals surface area contributed by atoms with Crippen molar-refractivity contribution in [3.05, 3.63) is 0 Å². The Labute approximate surface area is 108 Å². The van der Waals surface area contributed by atoms with Crippen molar-refractivity contribution in [3.63, 3.8) is 0 Å². The topological polar surface area (TPSA) is 61.8 Å². The number of hydroxylamine groups is 2.